The van der Waals surface area contributed by atoms with Crippen LogP contribution < -0.4 is 10.6 Å². The largest absolute Gasteiger partial charge is 0.381 e. The molecule has 2 N–H and O–H groups in total. The van der Waals surface area contributed by atoms with E-state index in [1.165, 1.54) is 0 Å². The highest BCUT2D eigenvalue weighted by Crippen LogP contribution is 2.14. The fraction of sp³-hybridized carbons (Fsp3) is 0.923. The second-order valence-corrected chi connectivity index (χ2v) is 5.15. The third kappa shape index (κ3) is 4.64. The molecule has 1 amide bonds. The van der Waals surface area contributed by atoms with Gasteiger partial charge < -0.3 is 15.4 Å². The van der Waals surface area contributed by atoms with Crippen molar-refractivity contribution in [3.8, 4) is 0 Å². The normalized spacial score (nSPS) is 28.5. The van der Waals surface area contributed by atoms with Gasteiger partial charge >= 0.3 is 0 Å². The van der Waals surface area contributed by atoms with Crippen LogP contribution >= 0.6 is 0 Å². The minimum absolute atomic E-state index is 0.0954. The van der Waals surface area contributed by atoms with Crippen molar-refractivity contribution in [2.24, 2.45) is 5.92 Å². The van der Waals surface area contributed by atoms with Crippen LogP contribution in [0.4, 0.5) is 0 Å². The van der Waals surface area contributed by atoms with E-state index in [0.717, 1.165) is 26.1 Å². The summed E-state index contributed by atoms with van der Waals surface area (Å²) in [6.45, 7) is 9.78. The topological polar surface area (TPSA) is 50.4 Å². The molecule has 0 radical (unpaired) electrons. The molecule has 0 spiro atoms. The van der Waals surface area contributed by atoms with E-state index in [-0.39, 0.29) is 18.0 Å². The summed E-state index contributed by atoms with van der Waals surface area (Å²) in [6.07, 6.45) is 1.95. The Morgan fingerprint density at radius 3 is 2.76 bits per heavy atom. The number of amides is 1. The number of carbonyl (C=O) groups is 1. The molecule has 1 rings (SSSR count). The van der Waals surface area contributed by atoms with Gasteiger partial charge in [0.1, 0.15) is 0 Å². The van der Waals surface area contributed by atoms with Crippen molar-refractivity contribution < 1.29 is 9.53 Å². The molecule has 0 bridgehead atoms. The molecule has 100 valence electrons. The van der Waals surface area contributed by atoms with Gasteiger partial charge in [0.2, 0.25) is 5.91 Å². The highest BCUT2D eigenvalue weighted by Gasteiger charge is 2.25. The van der Waals surface area contributed by atoms with Gasteiger partial charge in [0.05, 0.1) is 12.6 Å². The summed E-state index contributed by atoms with van der Waals surface area (Å²) in [5.74, 6) is 0.570. The molecule has 1 heterocycles. The van der Waals surface area contributed by atoms with Gasteiger partial charge in [0, 0.05) is 18.7 Å². The van der Waals surface area contributed by atoms with E-state index in [1.807, 2.05) is 13.8 Å². The second kappa shape index (κ2) is 6.97. The molecule has 4 atom stereocenters. The van der Waals surface area contributed by atoms with Crippen molar-refractivity contribution >= 4 is 5.91 Å². The number of hydrogen-bond acceptors (Lipinski definition) is 3. The lowest BCUT2D eigenvalue weighted by Crippen LogP contribution is -2.52. The molecule has 0 aromatic carbocycles. The lowest BCUT2D eigenvalue weighted by atomic mass is 9.97. The molecule has 0 aromatic rings. The van der Waals surface area contributed by atoms with Crippen LogP contribution in [0.1, 0.15) is 40.5 Å². The van der Waals surface area contributed by atoms with E-state index in [0.29, 0.717) is 12.0 Å². The van der Waals surface area contributed by atoms with Crippen LogP contribution in [-0.2, 0) is 9.53 Å². The van der Waals surface area contributed by atoms with Crippen molar-refractivity contribution in [3.63, 3.8) is 0 Å². The molecule has 1 saturated heterocycles. The van der Waals surface area contributed by atoms with Crippen molar-refractivity contribution in [2.75, 3.05) is 13.2 Å². The number of hydrogen-bond donors (Lipinski definition) is 2. The third-order valence-electron chi connectivity index (χ3n) is 3.50. The zero-order valence-electron chi connectivity index (χ0n) is 11.5. The Morgan fingerprint density at radius 1 is 1.47 bits per heavy atom. The van der Waals surface area contributed by atoms with Gasteiger partial charge in [-0.2, -0.15) is 0 Å². The number of rotatable bonds is 5. The average molecular weight is 242 g/mol. The summed E-state index contributed by atoms with van der Waals surface area (Å²) < 4.78 is 5.40. The molecule has 4 nitrogen and oxygen atoms in total. The van der Waals surface area contributed by atoms with E-state index < -0.39 is 0 Å². The van der Waals surface area contributed by atoms with E-state index in [9.17, 15) is 4.79 Å². The minimum Gasteiger partial charge on any atom is -0.381 e. The fourth-order valence-electron chi connectivity index (χ4n) is 1.99. The van der Waals surface area contributed by atoms with Crippen molar-refractivity contribution in [2.45, 2.75) is 58.7 Å². The first-order valence-corrected chi connectivity index (χ1v) is 6.68. The Balaban J connectivity index is 2.36. The Hall–Kier alpha value is -0.610. The summed E-state index contributed by atoms with van der Waals surface area (Å²) >= 11 is 0. The predicted molar refractivity (Wildman–Crippen MR) is 68.9 cm³/mol. The van der Waals surface area contributed by atoms with Crippen molar-refractivity contribution in [1.82, 2.24) is 10.6 Å². The SMILES string of the molecule is CCC(C)NC(=O)C(C)NC1CCOCC1C. The lowest BCUT2D eigenvalue weighted by Gasteiger charge is -2.32. The maximum absolute atomic E-state index is 11.9. The van der Waals surface area contributed by atoms with Crippen LogP contribution in [0.15, 0.2) is 0 Å². The summed E-state index contributed by atoms with van der Waals surface area (Å²) in [4.78, 5) is 11.9. The van der Waals surface area contributed by atoms with E-state index in [1.54, 1.807) is 0 Å². The minimum atomic E-state index is -0.130. The molecule has 4 heteroatoms. The number of nitrogens with one attached hydrogen (secondary N) is 2. The molecule has 0 aromatic heterocycles. The van der Waals surface area contributed by atoms with Crippen LogP contribution in [0, 0.1) is 5.92 Å². The quantitative estimate of drug-likeness (QED) is 0.764. The Morgan fingerprint density at radius 2 is 2.18 bits per heavy atom. The predicted octanol–water partition coefficient (Wildman–Crippen LogP) is 1.30. The molecule has 0 aliphatic carbocycles. The zero-order valence-corrected chi connectivity index (χ0v) is 11.5. The smallest absolute Gasteiger partial charge is 0.237 e. The average Bonchev–Trinajstić information content (AvgIpc) is 2.31. The molecule has 0 saturated carbocycles. The Bertz CT molecular complexity index is 246. The maximum atomic E-state index is 11.9. The first-order valence-electron chi connectivity index (χ1n) is 6.68. The molecule has 1 fully saturated rings. The highest BCUT2D eigenvalue weighted by molar-refractivity contribution is 5.81. The summed E-state index contributed by atoms with van der Waals surface area (Å²) in [7, 11) is 0. The number of ether oxygens (including phenoxy) is 1. The van der Waals surface area contributed by atoms with Crippen LogP contribution in [0.25, 0.3) is 0 Å². The van der Waals surface area contributed by atoms with Gasteiger partial charge in [-0.3, -0.25) is 4.79 Å². The molecular formula is C13H26N2O2. The summed E-state index contributed by atoms with van der Waals surface area (Å²) in [6, 6.07) is 0.509. The van der Waals surface area contributed by atoms with Gasteiger partial charge in [0.15, 0.2) is 0 Å². The van der Waals surface area contributed by atoms with Gasteiger partial charge in [-0.25, -0.2) is 0 Å². The van der Waals surface area contributed by atoms with E-state index in [2.05, 4.69) is 24.5 Å². The van der Waals surface area contributed by atoms with Gasteiger partial charge in [-0.15, -0.1) is 0 Å². The first kappa shape index (κ1) is 14.5. The van der Waals surface area contributed by atoms with Crippen molar-refractivity contribution in [1.29, 1.82) is 0 Å². The Kier molecular flexibility index (Phi) is 5.92. The first-order chi connectivity index (χ1) is 8.04. The fourth-order valence-corrected chi connectivity index (χ4v) is 1.99. The van der Waals surface area contributed by atoms with Gasteiger partial charge in [-0.1, -0.05) is 13.8 Å². The van der Waals surface area contributed by atoms with Crippen LogP contribution in [0.5, 0.6) is 0 Å². The zero-order chi connectivity index (χ0) is 12.8. The maximum Gasteiger partial charge on any atom is 0.237 e. The standard InChI is InChI=1S/C13H26N2O2/c1-5-10(3)14-13(16)11(4)15-12-6-7-17-8-9(12)2/h9-12,15H,5-8H2,1-4H3,(H,14,16). The van der Waals surface area contributed by atoms with Crippen LogP contribution in [-0.4, -0.2) is 37.2 Å². The molecule has 1 aliphatic heterocycles. The van der Waals surface area contributed by atoms with Crippen LogP contribution in [0.2, 0.25) is 0 Å². The van der Waals surface area contributed by atoms with E-state index in [4.69, 9.17) is 4.74 Å². The second-order valence-electron chi connectivity index (χ2n) is 5.15. The molecule has 17 heavy (non-hydrogen) atoms. The summed E-state index contributed by atoms with van der Waals surface area (Å²) in [5.41, 5.74) is 0. The van der Waals surface area contributed by atoms with E-state index >= 15 is 0 Å². The van der Waals surface area contributed by atoms with Crippen molar-refractivity contribution in [3.05, 3.63) is 0 Å². The lowest BCUT2D eigenvalue weighted by molar-refractivity contribution is -0.123. The highest BCUT2D eigenvalue weighted by atomic mass is 16.5. The molecule has 4 unspecified atom stereocenters. The third-order valence-corrected chi connectivity index (χ3v) is 3.50. The van der Waals surface area contributed by atoms with Gasteiger partial charge in [-0.05, 0) is 32.6 Å². The summed E-state index contributed by atoms with van der Waals surface area (Å²) in [5, 5.41) is 6.41. The molecule has 1 aliphatic rings. The molecular weight excluding hydrogens is 216 g/mol. The Labute approximate surface area is 104 Å². The van der Waals surface area contributed by atoms with Crippen LogP contribution in [0.3, 0.4) is 0 Å². The monoisotopic (exact) mass is 242 g/mol. The van der Waals surface area contributed by atoms with Gasteiger partial charge in [0.25, 0.3) is 0 Å². The number of carbonyl (C=O) groups excluding carboxylic acids is 1.